The first-order valence-electron chi connectivity index (χ1n) is 19.8. The van der Waals surface area contributed by atoms with Gasteiger partial charge in [0.25, 0.3) is 0 Å². The van der Waals surface area contributed by atoms with Gasteiger partial charge in [0, 0.05) is 66.6 Å². The summed E-state index contributed by atoms with van der Waals surface area (Å²) in [6.45, 7) is 4.30. The molecule has 0 N–H and O–H groups in total. The van der Waals surface area contributed by atoms with Crippen LogP contribution in [0.1, 0.15) is 11.1 Å². The second-order valence-corrected chi connectivity index (χ2v) is 15.3. The Morgan fingerprint density at radius 3 is 1.68 bits per heavy atom. The first kappa shape index (κ1) is 33.3. The van der Waals surface area contributed by atoms with Crippen molar-refractivity contribution < 1.29 is 4.42 Å². The van der Waals surface area contributed by atoms with Gasteiger partial charge >= 0.3 is 0 Å². The van der Waals surface area contributed by atoms with Gasteiger partial charge in [0.05, 0.1) is 28.3 Å². The molecule has 0 aliphatic rings. The minimum Gasteiger partial charge on any atom is -0.454 e. The largest absolute Gasteiger partial charge is 0.454 e. The van der Waals surface area contributed by atoms with E-state index in [4.69, 9.17) is 19.4 Å². The maximum absolute atomic E-state index is 6.50. The predicted octanol–water partition coefficient (Wildman–Crippen LogP) is 13.0. The van der Waals surface area contributed by atoms with Crippen LogP contribution in [0.4, 0.5) is 0 Å². The van der Waals surface area contributed by atoms with Crippen molar-refractivity contribution in [2.24, 2.45) is 0 Å². The summed E-state index contributed by atoms with van der Waals surface area (Å²) in [5, 5.41) is 6.75. The molecule has 5 heterocycles. The van der Waals surface area contributed by atoms with E-state index >= 15 is 0 Å². The maximum Gasteiger partial charge on any atom is 0.166 e. The SMILES string of the molecule is Cc1ccc2c(c1)c1cc(C)ccc1n2-c1ccc2oc3cncc(-c4nc(-c5ccccc5)nc(-c5cccc(-n6c7ccccc7c7ccccc76)c5)n4)c3c2c1. The zero-order chi connectivity index (χ0) is 39.2. The standard InChI is InChI=1S/C52H34N6O/c1-31-19-22-45-39(25-31)40-26-32(2)20-23-46(40)58(45)36-21-24-47-41(28-36)49-42(29-53-30-48(49)59-47)52-55-50(33-11-4-3-5-12-33)54-51(56-52)34-13-10-14-35(27-34)57-43-17-8-6-15-37(43)38-16-7-9-18-44(38)57/h3-30H,1-2H3. The second-order valence-electron chi connectivity index (χ2n) is 15.3. The first-order valence-corrected chi connectivity index (χ1v) is 19.8. The summed E-state index contributed by atoms with van der Waals surface area (Å²) in [5.41, 5.74) is 13.1. The summed E-state index contributed by atoms with van der Waals surface area (Å²) < 4.78 is 11.2. The van der Waals surface area contributed by atoms with Crippen LogP contribution in [0, 0.1) is 13.8 Å². The molecule has 0 amide bonds. The summed E-state index contributed by atoms with van der Waals surface area (Å²) in [6, 6.07) is 55.4. The van der Waals surface area contributed by atoms with Gasteiger partial charge in [-0.05, 0) is 80.6 Å². The topological polar surface area (TPSA) is 74.6 Å². The van der Waals surface area contributed by atoms with Gasteiger partial charge in [-0.3, -0.25) is 4.98 Å². The number of hydrogen-bond acceptors (Lipinski definition) is 5. The number of hydrogen-bond donors (Lipinski definition) is 0. The van der Waals surface area contributed by atoms with Crippen LogP contribution in [-0.4, -0.2) is 29.1 Å². The summed E-state index contributed by atoms with van der Waals surface area (Å²) in [5.74, 6) is 1.66. The molecule has 0 aliphatic carbocycles. The Bertz CT molecular complexity index is 3540. The van der Waals surface area contributed by atoms with Crippen molar-refractivity contribution in [2.75, 3.05) is 0 Å². The molecule has 7 heteroatoms. The van der Waals surface area contributed by atoms with E-state index in [2.05, 4.69) is 155 Å². The van der Waals surface area contributed by atoms with Crippen LogP contribution in [0.3, 0.4) is 0 Å². The monoisotopic (exact) mass is 758 g/mol. The van der Waals surface area contributed by atoms with Crippen LogP contribution in [0.2, 0.25) is 0 Å². The molecule has 0 fully saturated rings. The number of fused-ring (bicyclic) bond motifs is 9. The van der Waals surface area contributed by atoms with E-state index in [0.717, 1.165) is 66.5 Å². The Labute approximate surface area is 338 Å². The molecule has 0 spiro atoms. The fourth-order valence-corrected chi connectivity index (χ4v) is 8.88. The predicted molar refractivity (Wildman–Crippen MR) is 239 cm³/mol. The van der Waals surface area contributed by atoms with Crippen LogP contribution >= 0.6 is 0 Å². The fraction of sp³-hybridized carbons (Fsp3) is 0.0385. The number of furan rings is 1. The Kier molecular flexibility index (Phi) is 7.22. The third kappa shape index (κ3) is 5.21. The highest BCUT2D eigenvalue weighted by Gasteiger charge is 2.21. The Hall–Kier alpha value is -7.90. The van der Waals surface area contributed by atoms with Gasteiger partial charge in [-0.25, -0.2) is 15.0 Å². The molecule has 0 saturated heterocycles. The van der Waals surface area contributed by atoms with Crippen molar-refractivity contribution in [3.05, 3.63) is 181 Å². The van der Waals surface area contributed by atoms with E-state index < -0.39 is 0 Å². The summed E-state index contributed by atoms with van der Waals surface area (Å²) in [6.07, 6.45) is 3.62. The van der Waals surface area contributed by atoms with E-state index in [0.29, 0.717) is 23.1 Å². The first-order chi connectivity index (χ1) is 29.1. The number of rotatable bonds is 5. The Morgan fingerprint density at radius 2 is 0.983 bits per heavy atom. The zero-order valence-corrected chi connectivity index (χ0v) is 32.3. The number of nitrogens with zero attached hydrogens (tertiary/aromatic N) is 6. The molecule has 0 bridgehead atoms. The maximum atomic E-state index is 6.50. The highest BCUT2D eigenvalue weighted by atomic mass is 16.3. The van der Waals surface area contributed by atoms with Gasteiger partial charge in [-0.2, -0.15) is 0 Å². The van der Waals surface area contributed by atoms with E-state index in [9.17, 15) is 0 Å². The molecule has 0 radical (unpaired) electrons. The lowest BCUT2D eigenvalue weighted by atomic mass is 10.1. The third-order valence-electron chi connectivity index (χ3n) is 11.5. The minimum atomic E-state index is 0.519. The minimum absolute atomic E-state index is 0.519. The molecule has 7 nitrogen and oxygen atoms in total. The molecule has 278 valence electrons. The van der Waals surface area contributed by atoms with Crippen LogP contribution in [0.25, 0.3) is 111 Å². The highest BCUT2D eigenvalue weighted by Crippen LogP contribution is 2.40. The van der Waals surface area contributed by atoms with Gasteiger partial charge in [0.15, 0.2) is 23.1 Å². The van der Waals surface area contributed by atoms with E-state index in [1.54, 1.807) is 6.20 Å². The number of pyridine rings is 1. The lowest BCUT2D eigenvalue weighted by molar-refractivity contribution is 0.667. The quantitative estimate of drug-likeness (QED) is 0.175. The second kappa shape index (κ2) is 12.8. The van der Waals surface area contributed by atoms with Crippen LogP contribution in [-0.2, 0) is 0 Å². The van der Waals surface area contributed by atoms with Crippen molar-refractivity contribution in [1.82, 2.24) is 29.1 Å². The third-order valence-corrected chi connectivity index (χ3v) is 11.5. The molecule has 12 aromatic rings. The summed E-state index contributed by atoms with van der Waals surface area (Å²) in [4.78, 5) is 20.2. The zero-order valence-electron chi connectivity index (χ0n) is 32.3. The Balaban J connectivity index is 1.07. The Morgan fingerprint density at radius 1 is 0.407 bits per heavy atom. The molecule has 0 atom stereocenters. The normalized spacial score (nSPS) is 11.9. The average Bonchev–Trinajstić information content (AvgIpc) is 3.93. The van der Waals surface area contributed by atoms with Crippen LogP contribution in [0.15, 0.2) is 175 Å². The smallest absolute Gasteiger partial charge is 0.166 e. The lowest BCUT2D eigenvalue weighted by Gasteiger charge is -2.12. The molecule has 0 aliphatic heterocycles. The molecule has 7 aromatic carbocycles. The van der Waals surface area contributed by atoms with Gasteiger partial charge in [-0.1, -0.05) is 102 Å². The van der Waals surface area contributed by atoms with E-state index in [1.165, 1.54) is 32.7 Å². The highest BCUT2D eigenvalue weighted by molar-refractivity contribution is 6.14. The molecule has 0 saturated carbocycles. The van der Waals surface area contributed by atoms with Crippen molar-refractivity contribution >= 4 is 65.6 Å². The molecule has 5 aromatic heterocycles. The van der Waals surface area contributed by atoms with Gasteiger partial charge in [0.2, 0.25) is 0 Å². The lowest BCUT2D eigenvalue weighted by Crippen LogP contribution is -2.01. The summed E-state index contributed by atoms with van der Waals surface area (Å²) in [7, 11) is 0. The molecular weight excluding hydrogens is 725 g/mol. The van der Waals surface area contributed by atoms with Crippen LogP contribution < -0.4 is 0 Å². The van der Waals surface area contributed by atoms with Crippen molar-refractivity contribution in [3.8, 4) is 45.5 Å². The van der Waals surface area contributed by atoms with Gasteiger partial charge in [-0.15, -0.1) is 0 Å². The fourth-order valence-electron chi connectivity index (χ4n) is 8.88. The van der Waals surface area contributed by atoms with Gasteiger partial charge < -0.3 is 13.6 Å². The van der Waals surface area contributed by atoms with Gasteiger partial charge in [0.1, 0.15) is 5.58 Å². The van der Waals surface area contributed by atoms with Crippen molar-refractivity contribution in [2.45, 2.75) is 13.8 Å². The number of benzene rings is 7. The van der Waals surface area contributed by atoms with Crippen LogP contribution in [0.5, 0.6) is 0 Å². The van der Waals surface area contributed by atoms with E-state index in [1.807, 2.05) is 36.5 Å². The molecular formula is C52H34N6O. The van der Waals surface area contributed by atoms with Crippen molar-refractivity contribution in [3.63, 3.8) is 0 Å². The molecule has 0 unspecified atom stereocenters. The number of aromatic nitrogens is 6. The number of aryl methyl sites for hydroxylation is 2. The molecule has 12 rings (SSSR count). The van der Waals surface area contributed by atoms with Crippen molar-refractivity contribution in [1.29, 1.82) is 0 Å². The average molecular weight is 759 g/mol. The molecule has 59 heavy (non-hydrogen) atoms. The number of para-hydroxylation sites is 2. The summed E-state index contributed by atoms with van der Waals surface area (Å²) >= 11 is 0. The van der Waals surface area contributed by atoms with E-state index in [-0.39, 0.29) is 0 Å².